The van der Waals surface area contributed by atoms with Crippen LogP contribution < -0.4 is 10.5 Å². The van der Waals surface area contributed by atoms with Crippen molar-refractivity contribution in [2.75, 3.05) is 12.8 Å². The van der Waals surface area contributed by atoms with Crippen LogP contribution in [0.15, 0.2) is 46.0 Å². The number of rotatable bonds is 4. The Morgan fingerprint density at radius 1 is 1.39 bits per heavy atom. The number of nitrogen functional groups attached to an aromatic ring is 1. The van der Waals surface area contributed by atoms with Gasteiger partial charge < -0.3 is 10.5 Å². The number of halogens is 1. The number of benzene rings is 1. The Bertz CT molecular complexity index is 548. The van der Waals surface area contributed by atoms with Gasteiger partial charge in [-0.2, -0.15) is 0 Å². The van der Waals surface area contributed by atoms with E-state index in [2.05, 4.69) is 27.0 Å². The smallest absolute Gasteiger partial charge is 0.122 e. The predicted molar refractivity (Wildman–Crippen MR) is 78.9 cm³/mol. The van der Waals surface area contributed by atoms with Crippen molar-refractivity contribution in [3.8, 4) is 5.75 Å². The van der Waals surface area contributed by atoms with Gasteiger partial charge in [0, 0.05) is 26.9 Å². The molecule has 5 heteroatoms. The lowest BCUT2D eigenvalue weighted by Gasteiger charge is -2.09. The molecule has 1 aromatic carbocycles. The van der Waals surface area contributed by atoms with Gasteiger partial charge in [-0.25, -0.2) is 0 Å². The average molecular weight is 325 g/mol. The summed E-state index contributed by atoms with van der Waals surface area (Å²) in [6.45, 7) is 0. The van der Waals surface area contributed by atoms with Crippen molar-refractivity contribution in [3.63, 3.8) is 0 Å². The third-order valence-electron chi connectivity index (χ3n) is 2.44. The number of methoxy groups -OCH3 is 1. The van der Waals surface area contributed by atoms with Gasteiger partial charge in [-0.05, 0) is 24.3 Å². The first-order chi connectivity index (χ1) is 8.70. The Morgan fingerprint density at radius 2 is 2.22 bits per heavy atom. The van der Waals surface area contributed by atoms with Crippen molar-refractivity contribution in [1.29, 1.82) is 0 Å². The molecule has 0 radical (unpaired) electrons. The molecule has 3 nitrogen and oxygen atoms in total. The monoisotopic (exact) mass is 324 g/mol. The second-order valence-corrected chi connectivity index (χ2v) is 5.59. The second kappa shape index (κ2) is 6.11. The highest BCUT2D eigenvalue weighted by molar-refractivity contribution is 9.10. The summed E-state index contributed by atoms with van der Waals surface area (Å²) in [4.78, 5) is 5.01. The van der Waals surface area contributed by atoms with E-state index in [0.29, 0.717) is 5.69 Å². The Morgan fingerprint density at radius 3 is 2.94 bits per heavy atom. The number of nitrogens with two attached hydrogens (primary N) is 1. The van der Waals surface area contributed by atoms with Crippen LogP contribution >= 0.6 is 27.7 Å². The van der Waals surface area contributed by atoms with E-state index in [1.54, 1.807) is 31.3 Å². The van der Waals surface area contributed by atoms with Crippen molar-refractivity contribution in [1.82, 2.24) is 4.98 Å². The van der Waals surface area contributed by atoms with Crippen LogP contribution in [0.1, 0.15) is 5.56 Å². The summed E-state index contributed by atoms with van der Waals surface area (Å²) in [6.07, 6.45) is 3.41. The fourth-order valence-corrected chi connectivity index (χ4v) is 2.86. The molecule has 1 heterocycles. The molecule has 0 atom stereocenters. The maximum absolute atomic E-state index is 5.86. The first-order valence-corrected chi connectivity index (χ1v) is 7.13. The summed E-state index contributed by atoms with van der Waals surface area (Å²) in [5.74, 6) is 1.69. The highest BCUT2D eigenvalue weighted by Crippen LogP contribution is 2.32. The molecule has 0 amide bonds. The van der Waals surface area contributed by atoms with Gasteiger partial charge in [0.1, 0.15) is 5.75 Å². The first-order valence-electron chi connectivity index (χ1n) is 5.35. The standard InChI is InChI=1S/C13H13BrN2OS/c1-17-12-3-2-10(14)6-9(12)8-18-13-4-5-16-7-11(13)15/h2-7H,8,15H2,1H3. The van der Waals surface area contributed by atoms with E-state index < -0.39 is 0 Å². The molecule has 0 bridgehead atoms. The van der Waals surface area contributed by atoms with E-state index in [-0.39, 0.29) is 0 Å². The molecule has 2 N–H and O–H groups in total. The molecule has 94 valence electrons. The second-order valence-electron chi connectivity index (χ2n) is 3.66. The maximum atomic E-state index is 5.86. The van der Waals surface area contributed by atoms with Crippen molar-refractivity contribution in [2.45, 2.75) is 10.6 Å². The molecule has 18 heavy (non-hydrogen) atoms. The lowest BCUT2D eigenvalue weighted by atomic mass is 10.2. The maximum Gasteiger partial charge on any atom is 0.122 e. The molecule has 0 saturated carbocycles. The zero-order valence-corrected chi connectivity index (χ0v) is 12.3. The quantitative estimate of drug-likeness (QED) is 0.870. The lowest BCUT2D eigenvalue weighted by Crippen LogP contribution is -1.92. The fraction of sp³-hybridized carbons (Fsp3) is 0.154. The van der Waals surface area contributed by atoms with Crippen molar-refractivity contribution in [2.24, 2.45) is 0 Å². The lowest BCUT2D eigenvalue weighted by molar-refractivity contribution is 0.411. The molecule has 2 aromatic rings. The van der Waals surface area contributed by atoms with Crippen LogP contribution in [0.5, 0.6) is 5.75 Å². The SMILES string of the molecule is COc1ccc(Br)cc1CSc1ccncc1N. The summed E-state index contributed by atoms with van der Waals surface area (Å²) in [7, 11) is 1.68. The van der Waals surface area contributed by atoms with Crippen LogP contribution in [0.3, 0.4) is 0 Å². The molecular weight excluding hydrogens is 312 g/mol. The number of hydrogen-bond acceptors (Lipinski definition) is 4. The largest absolute Gasteiger partial charge is 0.496 e. The van der Waals surface area contributed by atoms with Gasteiger partial charge >= 0.3 is 0 Å². The Labute approximate surface area is 119 Å². The molecule has 2 rings (SSSR count). The first kappa shape index (κ1) is 13.2. The van der Waals surface area contributed by atoms with Crippen LogP contribution in [-0.4, -0.2) is 12.1 Å². The molecule has 0 saturated heterocycles. The number of hydrogen-bond donors (Lipinski definition) is 1. The fourth-order valence-electron chi connectivity index (χ4n) is 1.54. The zero-order chi connectivity index (χ0) is 13.0. The van der Waals surface area contributed by atoms with Crippen molar-refractivity contribution in [3.05, 3.63) is 46.7 Å². The summed E-state index contributed by atoms with van der Waals surface area (Å²) in [5.41, 5.74) is 7.70. The van der Waals surface area contributed by atoms with Gasteiger partial charge in [0.2, 0.25) is 0 Å². The summed E-state index contributed by atoms with van der Waals surface area (Å²) in [5, 5.41) is 0. The zero-order valence-electron chi connectivity index (χ0n) is 9.89. The Kier molecular flexibility index (Phi) is 4.49. The van der Waals surface area contributed by atoms with E-state index in [1.807, 2.05) is 18.2 Å². The summed E-state index contributed by atoms with van der Waals surface area (Å²) >= 11 is 5.14. The molecule has 0 unspecified atom stereocenters. The normalized spacial score (nSPS) is 10.3. The topological polar surface area (TPSA) is 48.1 Å². The van der Waals surface area contributed by atoms with E-state index in [4.69, 9.17) is 10.5 Å². The number of aromatic nitrogens is 1. The van der Waals surface area contributed by atoms with Gasteiger partial charge in [-0.15, -0.1) is 11.8 Å². The molecule has 0 aliphatic heterocycles. The highest BCUT2D eigenvalue weighted by Gasteiger charge is 2.06. The highest BCUT2D eigenvalue weighted by atomic mass is 79.9. The molecule has 1 aromatic heterocycles. The van der Waals surface area contributed by atoms with Crippen molar-refractivity contribution < 1.29 is 4.74 Å². The molecule has 0 aliphatic carbocycles. The third-order valence-corrected chi connectivity index (χ3v) is 4.07. The summed E-state index contributed by atoms with van der Waals surface area (Å²) < 4.78 is 6.38. The minimum Gasteiger partial charge on any atom is -0.496 e. The van der Waals surface area contributed by atoms with Crippen LogP contribution in [0, 0.1) is 0 Å². The van der Waals surface area contributed by atoms with Crippen LogP contribution in [-0.2, 0) is 5.75 Å². The predicted octanol–water partition coefficient (Wildman–Crippen LogP) is 3.73. The van der Waals surface area contributed by atoms with E-state index in [9.17, 15) is 0 Å². The van der Waals surface area contributed by atoms with E-state index in [0.717, 1.165) is 26.4 Å². The van der Waals surface area contributed by atoms with Crippen LogP contribution in [0.25, 0.3) is 0 Å². The van der Waals surface area contributed by atoms with Crippen LogP contribution in [0.4, 0.5) is 5.69 Å². The van der Waals surface area contributed by atoms with Gasteiger partial charge in [-0.3, -0.25) is 4.98 Å². The Hall–Kier alpha value is -1.20. The summed E-state index contributed by atoms with van der Waals surface area (Å²) in [6, 6.07) is 7.90. The van der Waals surface area contributed by atoms with Crippen LogP contribution in [0.2, 0.25) is 0 Å². The number of pyridine rings is 1. The van der Waals surface area contributed by atoms with E-state index in [1.165, 1.54) is 0 Å². The van der Waals surface area contributed by atoms with Gasteiger partial charge in [0.05, 0.1) is 19.0 Å². The van der Waals surface area contributed by atoms with Gasteiger partial charge in [0.15, 0.2) is 0 Å². The third kappa shape index (κ3) is 3.17. The number of nitrogens with zero attached hydrogens (tertiary/aromatic N) is 1. The molecule has 0 spiro atoms. The average Bonchev–Trinajstić information content (AvgIpc) is 2.38. The number of thioether (sulfide) groups is 1. The minimum absolute atomic E-state index is 0.705. The number of anilines is 1. The van der Waals surface area contributed by atoms with E-state index >= 15 is 0 Å². The number of ether oxygens (including phenoxy) is 1. The Balaban J connectivity index is 2.15. The van der Waals surface area contributed by atoms with Gasteiger partial charge in [-0.1, -0.05) is 15.9 Å². The molecule has 0 aliphatic rings. The minimum atomic E-state index is 0.705. The van der Waals surface area contributed by atoms with Gasteiger partial charge in [0.25, 0.3) is 0 Å². The van der Waals surface area contributed by atoms with Crippen molar-refractivity contribution >= 4 is 33.4 Å². The molecule has 0 fully saturated rings. The molecular formula is C13H13BrN2OS.